The van der Waals surface area contributed by atoms with Crippen LogP contribution in [-0.4, -0.2) is 30.0 Å². The molecule has 1 saturated carbocycles. The van der Waals surface area contributed by atoms with E-state index in [0.717, 1.165) is 12.8 Å². The summed E-state index contributed by atoms with van der Waals surface area (Å²) in [5.41, 5.74) is 0.384. The van der Waals surface area contributed by atoms with E-state index in [4.69, 9.17) is 0 Å². The Morgan fingerprint density at radius 3 is 2.58 bits per heavy atom. The van der Waals surface area contributed by atoms with Gasteiger partial charge < -0.3 is 15.7 Å². The van der Waals surface area contributed by atoms with Crippen LogP contribution >= 0.6 is 15.9 Å². The Morgan fingerprint density at radius 2 is 1.95 bits per heavy atom. The monoisotopic (exact) mass is 326 g/mol. The molecule has 19 heavy (non-hydrogen) atoms. The highest BCUT2D eigenvalue weighted by molar-refractivity contribution is 9.10. The maximum atomic E-state index is 11.7. The number of phenolic OH excluding ortho intramolecular Hbond substituents is 1. The number of hydrogen-bond donors (Lipinski definition) is 3. The second kappa shape index (κ2) is 6.06. The molecule has 0 aliphatic heterocycles. The first-order valence-electron chi connectivity index (χ1n) is 6.12. The molecule has 2 rings (SSSR count). The summed E-state index contributed by atoms with van der Waals surface area (Å²) < 4.78 is 0.542. The Bertz CT molecular complexity index is 501. The number of phenols is 1. The van der Waals surface area contributed by atoms with Crippen molar-refractivity contribution in [3.63, 3.8) is 0 Å². The molecule has 2 amide bonds. The Hall–Kier alpha value is -1.56. The van der Waals surface area contributed by atoms with Crippen LogP contribution in [0.1, 0.15) is 23.2 Å². The third-order valence-corrected chi connectivity index (χ3v) is 3.54. The van der Waals surface area contributed by atoms with E-state index in [9.17, 15) is 14.7 Å². The van der Waals surface area contributed by atoms with Gasteiger partial charge in [0, 0.05) is 24.6 Å². The topological polar surface area (TPSA) is 78.4 Å². The van der Waals surface area contributed by atoms with E-state index in [1.54, 1.807) is 12.1 Å². The number of benzene rings is 1. The first-order chi connectivity index (χ1) is 9.08. The van der Waals surface area contributed by atoms with Crippen molar-refractivity contribution >= 4 is 27.7 Å². The lowest BCUT2D eigenvalue weighted by atomic mass is 10.2. The van der Waals surface area contributed by atoms with Gasteiger partial charge in [0.2, 0.25) is 5.91 Å². The molecule has 6 heteroatoms. The number of rotatable bonds is 5. The average Bonchev–Trinajstić information content (AvgIpc) is 3.21. The number of carbonyl (C=O) groups excluding carboxylic acids is 2. The predicted octanol–water partition coefficient (Wildman–Crippen LogP) is 1.41. The average molecular weight is 327 g/mol. The van der Waals surface area contributed by atoms with Crippen molar-refractivity contribution in [2.75, 3.05) is 13.1 Å². The van der Waals surface area contributed by atoms with Crippen molar-refractivity contribution in [2.24, 2.45) is 5.92 Å². The summed E-state index contributed by atoms with van der Waals surface area (Å²) in [5.74, 6) is -0.00665. The maximum Gasteiger partial charge on any atom is 0.251 e. The molecule has 5 nitrogen and oxygen atoms in total. The summed E-state index contributed by atoms with van der Waals surface area (Å²) in [7, 11) is 0. The van der Waals surface area contributed by atoms with E-state index < -0.39 is 0 Å². The molecule has 3 N–H and O–H groups in total. The van der Waals surface area contributed by atoms with Crippen LogP contribution in [0.15, 0.2) is 22.7 Å². The number of nitrogens with one attached hydrogen (secondary N) is 2. The second-order valence-electron chi connectivity index (χ2n) is 4.49. The summed E-state index contributed by atoms with van der Waals surface area (Å²) in [5, 5.41) is 14.9. The van der Waals surface area contributed by atoms with Crippen LogP contribution in [0.25, 0.3) is 0 Å². The van der Waals surface area contributed by atoms with Gasteiger partial charge in [-0.05, 0) is 47.0 Å². The van der Waals surface area contributed by atoms with Gasteiger partial charge in [0.15, 0.2) is 0 Å². The summed E-state index contributed by atoms with van der Waals surface area (Å²) in [6.07, 6.45) is 1.94. The van der Waals surface area contributed by atoms with Crippen molar-refractivity contribution < 1.29 is 14.7 Å². The van der Waals surface area contributed by atoms with E-state index in [1.807, 2.05) is 0 Å². The van der Waals surface area contributed by atoms with Crippen LogP contribution in [0.3, 0.4) is 0 Å². The standard InChI is InChI=1S/C13H15BrN2O3/c14-10-4-3-9(7-11(10)17)13(19)16-6-5-15-12(18)8-1-2-8/h3-4,7-8,17H,1-2,5-6H2,(H,15,18)(H,16,19). The minimum absolute atomic E-state index is 0.0229. The molecule has 1 aromatic rings. The number of amides is 2. The smallest absolute Gasteiger partial charge is 0.251 e. The first kappa shape index (κ1) is 13.9. The van der Waals surface area contributed by atoms with Crippen molar-refractivity contribution in [1.29, 1.82) is 0 Å². The van der Waals surface area contributed by atoms with Gasteiger partial charge in [-0.3, -0.25) is 9.59 Å². The van der Waals surface area contributed by atoms with E-state index in [1.165, 1.54) is 6.07 Å². The highest BCUT2D eigenvalue weighted by atomic mass is 79.9. The number of hydrogen-bond acceptors (Lipinski definition) is 3. The third-order valence-electron chi connectivity index (χ3n) is 2.87. The van der Waals surface area contributed by atoms with Gasteiger partial charge in [-0.15, -0.1) is 0 Å². The summed E-state index contributed by atoms with van der Waals surface area (Å²) >= 11 is 3.15. The van der Waals surface area contributed by atoms with Crippen LogP contribution in [0.4, 0.5) is 0 Å². The zero-order chi connectivity index (χ0) is 13.8. The van der Waals surface area contributed by atoms with E-state index in [2.05, 4.69) is 26.6 Å². The fraction of sp³-hybridized carbons (Fsp3) is 0.385. The largest absolute Gasteiger partial charge is 0.507 e. The fourth-order valence-corrected chi connectivity index (χ4v) is 1.85. The number of aromatic hydroxyl groups is 1. The Labute approximate surface area is 119 Å². The zero-order valence-electron chi connectivity index (χ0n) is 10.3. The molecular weight excluding hydrogens is 312 g/mol. The molecule has 1 fully saturated rings. The Balaban J connectivity index is 1.74. The molecule has 1 aliphatic rings. The summed E-state index contributed by atoms with van der Waals surface area (Å²) in [6, 6.07) is 4.61. The van der Waals surface area contributed by atoms with E-state index >= 15 is 0 Å². The summed E-state index contributed by atoms with van der Waals surface area (Å²) in [4.78, 5) is 23.1. The molecule has 0 unspecified atom stereocenters. The number of carbonyl (C=O) groups is 2. The first-order valence-corrected chi connectivity index (χ1v) is 6.91. The van der Waals surface area contributed by atoms with Crippen molar-refractivity contribution in [1.82, 2.24) is 10.6 Å². The molecule has 0 radical (unpaired) electrons. The van der Waals surface area contributed by atoms with Crippen molar-refractivity contribution in [2.45, 2.75) is 12.8 Å². The van der Waals surface area contributed by atoms with Gasteiger partial charge >= 0.3 is 0 Å². The van der Waals surface area contributed by atoms with Crippen molar-refractivity contribution in [3.8, 4) is 5.75 Å². The van der Waals surface area contributed by atoms with Crippen LogP contribution in [-0.2, 0) is 4.79 Å². The molecule has 0 saturated heterocycles. The lowest BCUT2D eigenvalue weighted by molar-refractivity contribution is -0.122. The third kappa shape index (κ3) is 3.96. The van der Waals surface area contributed by atoms with Gasteiger partial charge in [-0.25, -0.2) is 0 Å². The minimum atomic E-state index is -0.275. The highest BCUT2D eigenvalue weighted by Crippen LogP contribution is 2.28. The van der Waals surface area contributed by atoms with Gasteiger partial charge in [-0.1, -0.05) is 0 Å². The molecule has 0 spiro atoms. The Morgan fingerprint density at radius 1 is 1.26 bits per heavy atom. The molecule has 0 heterocycles. The van der Waals surface area contributed by atoms with E-state index in [-0.39, 0.29) is 23.5 Å². The quantitative estimate of drug-likeness (QED) is 0.716. The zero-order valence-corrected chi connectivity index (χ0v) is 11.9. The van der Waals surface area contributed by atoms with Gasteiger partial charge in [0.1, 0.15) is 5.75 Å². The molecule has 1 aromatic carbocycles. The maximum absolute atomic E-state index is 11.7. The van der Waals surface area contributed by atoms with E-state index in [0.29, 0.717) is 23.1 Å². The normalized spacial score (nSPS) is 13.9. The van der Waals surface area contributed by atoms with Crippen LogP contribution < -0.4 is 10.6 Å². The lowest BCUT2D eigenvalue weighted by Crippen LogP contribution is -2.35. The lowest BCUT2D eigenvalue weighted by Gasteiger charge is -2.07. The van der Waals surface area contributed by atoms with Gasteiger partial charge in [-0.2, -0.15) is 0 Å². The van der Waals surface area contributed by atoms with Crippen molar-refractivity contribution in [3.05, 3.63) is 28.2 Å². The van der Waals surface area contributed by atoms with Crippen LogP contribution in [0.5, 0.6) is 5.75 Å². The molecule has 0 bridgehead atoms. The SMILES string of the molecule is O=C(NCCNC(=O)C1CC1)c1ccc(Br)c(O)c1. The molecule has 0 atom stereocenters. The molecule has 0 aromatic heterocycles. The molecule has 1 aliphatic carbocycles. The molecular formula is C13H15BrN2O3. The van der Waals surface area contributed by atoms with Crippen LogP contribution in [0.2, 0.25) is 0 Å². The Kier molecular flexibility index (Phi) is 4.42. The highest BCUT2D eigenvalue weighted by Gasteiger charge is 2.28. The minimum Gasteiger partial charge on any atom is -0.507 e. The van der Waals surface area contributed by atoms with Crippen LogP contribution in [0, 0.1) is 5.92 Å². The van der Waals surface area contributed by atoms with Gasteiger partial charge in [0.25, 0.3) is 5.91 Å². The molecule has 102 valence electrons. The second-order valence-corrected chi connectivity index (χ2v) is 5.34. The fourth-order valence-electron chi connectivity index (χ4n) is 1.61. The summed E-state index contributed by atoms with van der Waals surface area (Å²) in [6.45, 7) is 0.789. The predicted molar refractivity (Wildman–Crippen MR) is 73.9 cm³/mol. The number of halogens is 1. The van der Waals surface area contributed by atoms with Gasteiger partial charge in [0.05, 0.1) is 4.47 Å².